The number of hydrogen-bond donors (Lipinski definition) is 1. The third-order valence-electron chi connectivity index (χ3n) is 4.22. The van der Waals surface area contributed by atoms with E-state index in [0.717, 1.165) is 17.0 Å². The Hall–Kier alpha value is -3.92. The van der Waals surface area contributed by atoms with Gasteiger partial charge in [0.2, 0.25) is 0 Å². The van der Waals surface area contributed by atoms with Crippen LogP contribution in [0.2, 0.25) is 0 Å². The summed E-state index contributed by atoms with van der Waals surface area (Å²) in [6, 6.07) is 14.8. The van der Waals surface area contributed by atoms with Crippen LogP contribution < -0.4 is 10.2 Å². The van der Waals surface area contributed by atoms with Gasteiger partial charge < -0.3 is 9.15 Å². The molecule has 0 atom stereocenters. The van der Waals surface area contributed by atoms with Gasteiger partial charge in [-0.05, 0) is 55.5 Å². The van der Waals surface area contributed by atoms with Crippen LogP contribution in [0.25, 0.3) is 17.1 Å². The van der Waals surface area contributed by atoms with E-state index >= 15 is 0 Å². The first-order valence-corrected chi connectivity index (χ1v) is 10.8. The molecular formula is C22H20N6O3S. The van der Waals surface area contributed by atoms with Gasteiger partial charge in [0.1, 0.15) is 11.5 Å². The second-order valence-electron chi connectivity index (χ2n) is 6.41. The number of hydrazone groups is 1. The third kappa shape index (κ3) is 5.22. The third-order valence-corrected chi connectivity index (χ3v) is 5.14. The largest absolute Gasteiger partial charge is 0.494 e. The van der Waals surface area contributed by atoms with E-state index in [1.54, 1.807) is 24.5 Å². The number of nitrogens with one attached hydrogen (secondary N) is 1. The summed E-state index contributed by atoms with van der Waals surface area (Å²) in [5, 5.41) is 13.1. The van der Waals surface area contributed by atoms with E-state index in [4.69, 9.17) is 9.15 Å². The summed E-state index contributed by atoms with van der Waals surface area (Å²) >= 11 is 1.26. The quantitative estimate of drug-likeness (QED) is 0.237. The Labute approximate surface area is 188 Å². The molecule has 0 aliphatic rings. The molecule has 1 N–H and O–H groups in total. The van der Waals surface area contributed by atoms with Crippen LogP contribution in [0.15, 0.2) is 81.9 Å². The lowest BCUT2D eigenvalue weighted by Crippen LogP contribution is -2.19. The highest BCUT2D eigenvalue weighted by atomic mass is 32.2. The van der Waals surface area contributed by atoms with Gasteiger partial charge in [-0.1, -0.05) is 11.8 Å². The topological polar surface area (TPSA) is 107 Å². The van der Waals surface area contributed by atoms with Gasteiger partial charge in [0, 0.05) is 23.6 Å². The maximum absolute atomic E-state index is 12.2. The lowest BCUT2D eigenvalue weighted by atomic mass is 10.2. The van der Waals surface area contributed by atoms with E-state index in [9.17, 15) is 4.79 Å². The van der Waals surface area contributed by atoms with Gasteiger partial charge in [0.05, 0.1) is 24.8 Å². The van der Waals surface area contributed by atoms with Crippen molar-refractivity contribution in [3.63, 3.8) is 0 Å². The molecule has 0 saturated heterocycles. The van der Waals surface area contributed by atoms with E-state index < -0.39 is 0 Å². The predicted molar refractivity (Wildman–Crippen MR) is 121 cm³/mol. The summed E-state index contributed by atoms with van der Waals surface area (Å²) in [4.78, 5) is 16.4. The van der Waals surface area contributed by atoms with Crippen molar-refractivity contribution in [1.29, 1.82) is 0 Å². The van der Waals surface area contributed by atoms with Gasteiger partial charge >= 0.3 is 0 Å². The zero-order valence-electron chi connectivity index (χ0n) is 17.2. The van der Waals surface area contributed by atoms with Crippen molar-refractivity contribution in [1.82, 2.24) is 25.2 Å². The van der Waals surface area contributed by atoms with Crippen molar-refractivity contribution in [2.75, 3.05) is 12.4 Å². The summed E-state index contributed by atoms with van der Waals surface area (Å²) in [6.45, 7) is 2.53. The summed E-state index contributed by atoms with van der Waals surface area (Å²) in [6.07, 6.45) is 6.39. The van der Waals surface area contributed by atoms with Gasteiger partial charge in [0.15, 0.2) is 11.0 Å². The zero-order valence-corrected chi connectivity index (χ0v) is 18.0. The van der Waals surface area contributed by atoms with E-state index in [0.29, 0.717) is 23.3 Å². The van der Waals surface area contributed by atoms with Crippen molar-refractivity contribution in [3.8, 4) is 22.8 Å². The van der Waals surface area contributed by atoms with Crippen molar-refractivity contribution in [3.05, 3.63) is 72.9 Å². The fourth-order valence-electron chi connectivity index (χ4n) is 2.83. The minimum atomic E-state index is -0.276. The molecule has 3 aromatic heterocycles. The summed E-state index contributed by atoms with van der Waals surface area (Å²) in [5.41, 5.74) is 4.13. The fourth-order valence-corrected chi connectivity index (χ4v) is 3.58. The molecule has 0 saturated carbocycles. The summed E-state index contributed by atoms with van der Waals surface area (Å²) in [5.74, 6) is 1.78. The van der Waals surface area contributed by atoms with E-state index in [1.165, 1.54) is 24.2 Å². The van der Waals surface area contributed by atoms with Crippen molar-refractivity contribution in [2.24, 2.45) is 5.10 Å². The molecule has 4 aromatic rings. The summed E-state index contributed by atoms with van der Waals surface area (Å²) in [7, 11) is 0. The van der Waals surface area contributed by atoms with Crippen LogP contribution in [0.3, 0.4) is 0 Å². The Bertz CT molecular complexity index is 1170. The van der Waals surface area contributed by atoms with E-state index in [-0.39, 0.29) is 11.7 Å². The van der Waals surface area contributed by atoms with Crippen LogP contribution >= 0.6 is 11.8 Å². The normalized spacial score (nSPS) is 11.0. The first-order valence-electron chi connectivity index (χ1n) is 9.82. The average molecular weight is 449 g/mol. The Morgan fingerprint density at radius 2 is 2.09 bits per heavy atom. The maximum Gasteiger partial charge on any atom is 0.250 e. The molecule has 9 nitrogen and oxygen atoms in total. The van der Waals surface area contributed by atoms with Gasteiger partial charge in [-0.3, -0.25) is 14.3 Å². The molecule has 0 unspecified atom stereocenters. The van der Waals surface area contributed by atoms with Crippen LogP contribution in [0.4, 0.5) is 0 Å². The molecule has 0 aliphatic heterocycles. The number of furan rings is 1. The maximum atomic E-state index is 12.2. The second-order valence-corrected chi connectivity index (χ2v) is 7.35. The van der Waals surface area contributed by atoms with Gasteiger partial charge in [-0.25, -0.2) is 5.43 Å². The molecule has 1 aromatic carbocycles. The molecule has 0 radical (unpaired) electrons. The molecule has 10 heteroatoms. The lowest BCUT2D eigenvalue weighted by Gasteiger charge is -2.11. The van der Waals surface area contributed by atoms with Crippen LogP contribution in [0, 0.1) is 0 Å². The van der Waals surface area contributed by atoms with Crippen molar-refractivity contribution >= 4 is 23.9 Å². The molecular weight excluding hydrogens is 428 g/mol. The number of carbonyl (C=O) groups is 1. The SMILES string of the molecule is CCOc1ccc(-n2c(SCC(=O)NN=Cc3ccco3)nnc2-c2cccnc2)cc1. The van der Waals surface area contributed by atoms with Crippen molar-refractivity contribution < 1.29 is 13.9 Å². The predicted octanol–water partition coefficient (Wildman–Crippen LogP) is 3.56. The number of amides is 1. The molecule has 162 valence electrons. The Balaban J connectivity index is 1.53. The van der Waals surface area contributed by atoms with Crippen molar-refractivity contribution in [2.45, 2.75) is 12.1 Å². The van der Waals surface area contributed by atoms with Crippen LogP contribution in [0.5, 0.6) is 5.75 Å². The number of pyridine rings is 1. The molecule has 0 aliphatic carbocycles. The Morgan fingerprint density at radius 1 is 1.22 bits per heavy atom. The highest BCUT2D eigenvalue weighted by Gasteiger charge is 2.17. The number of ether oxygens (including phenoxy) is 1. The highest BCUT2D eigenvalue weighted by molar-refractivity contribution is 7.99. The van der Waals surface area contributed by atoms with E-state index in [1.807, 2.05) is 47.9 Å². The number of hydrogen-bond acceptors (Lipinski definition) is 8. The zero-order chi connectivity index (χ0) is 22.2. The number of nitrogens with zero attached hydrogens (tertiary/aromatic N) is 5. The minimum Gasteiger partial charge on any atom is -0.494 e. The van der Waals surface area contributed by atoms with Gasteiger partial charge in [-0.15, -0.1) is 10.2 Å². The Kier molecular flexibility index (Phi) is 6.93. The number of benzene rings is 1. The minimum absolute atomic E-state index is 0.109. The molecule has 0 bridgehead atoms. The average Bonchev–Trinajstić information content (AvgIpc) is 3.49. The smallest absolute Gasteiger partial charge is 0.250 e. The monoisotopic (exact) mass is 448 g/mol. The van der Waals surface area contributed by atoms with Crippen LogP contribution in [-0.4, -0.2) is 44.2 Å². The summed E-state index contributed by atoms with van der Waals surface area (Å²) < 4.78 is 12.6. The Morgan fingerprint density at radius 3 is 2.81 bits per heavy atom. The van der Waals surface area contributed by atoms with Gasteiger partial charge in [0.25, 0.3) is 5.91 Å². The first-order chi connectivity index (χ1) is 15.7. The standard InChI is InChI=1S/C22H20N6O3S/c1-2-30-18-9-7-17(8-10-18)28-21(16-5-3-11-23-13-16)26-27-22(28)32-15-20(29)25-24-14-19-6-4-12-31-19/h3-14H,2,15H2,1H3,(H,25,29). The molecule has 0 spiro atoms. The number of aromatic nitrogens is 4. The first kappa shape index (κ1) is 21.3. The second kappa shape index (κ2) is 10.4. The number of carbonyl (C=O) groups excluding carboxylic acids is 1. The molecule has 1 amide bonds. The number of thioether (sulfide) groups is 1. The van der Waals surface area contributed by atoms with Gasteiger partial charge in [-0.2, -0.15) is 5.10 Å². The lowest BCUT2D eigenvalue weighted by molar-refractivity contribution is -0.118. The molecule has 3 heterocycles. The van der Waals surface area contributed by atoms with E-state index in [2.05, 4.69) is 25.7 Å². The molecule has 0 fully saturated rings. The van der Waals surface area contributed by atoms with Crippen LogP contribution in [0.1, 0.15) is 12.7 Å². The van der Waals surface area contributed by atoms with Crippen LogP contribution in [-0.2, 0) is 4.79 Å². The fraction of sp³-hybridized carbons (Fsp3) is 0.136. The molecule has 4 rings (SSSR count). The highest BCUT2D eigenvalue weighted by Crippen LogP contribution is 2.28. The molecule has 32 heavy (non-hydrogen) atoms. The number of rotatable bonds is 9.